The molecule has 0 aromatic rings. The first-order valence-electron chi connectivity index (χ1n) is 7.40. The number of nitrogens with one attached hydrogen (secondary N) is 2. The molecule has 2 amide bonds. The molecule has 2 N–H and O–H groups in total. The summed E-state index contributed by atoms with van der Waals surface area (Å²) in [4.78, 5) is 11.7. The largest absolute Gasteiger partial charge is 0.336 e. The molecule has 1 aliphatic carbocycles. The molecular weight excluding hydrogens is 224 g/mol. The van der Waals surface area contributed by atoms with Crippen molar-refractivity contribution in [3.63, 3.8) is 0 Å². The first-order valence-corrected chi connectivity index (χ1v) is 7.40. The predicted molar refractivity (Wildman–Crippen MR) is 76.6 cm³/mol. The second-order valence-electron chi connectivity index (χ2n) is 6.84. The van der Waals surface area contributed by atoms with Crippen molar-refractivity contribution >= 4 is 6.03 Å². The van der Waals surface area contributed by atoms with Gasteiger partial charge in [-0.2, -0.15) is 0 Å². The number of hydrogen-bond donors (Lipinski definition) is 2. The maximum Gasteiger partial charge on any atom is 0.315 e. The molecule has 3 nitrogen and oxygen atoms in total. The van der Waals surface area contributed by atoms with Gasteiger partial charge in [0.15, 0.2) is 0 Å². The Kier molecular flexibility index (Phi) is 5.48. The molecule has 0 radical (unpaired) electrons. The highest BCUT2D eigenvalue weighted by Crippen LogP contribution is 2.37. The first-order chi connectivity index (χ1) is 8.32. The fourth-order valence-corrected chi connectivity index (χ4v) is 2.66. The molecule has 1 fully saturated rings. The zero-order valence-electron chi connectivity index (χ0n) is 12.7. The molecule has 106 valence electrons. The number of rotatable bonds is 3. The number of urea groups is 1. The van der Waals surface area contributed by atoms with E-state index in [0.29, 0.717) is 11.5 Å². The Morgan fingerprint density at radius 1 is 1.22 bits per heavy atom. The number of carbonyl (C=O) groups is 1. The molecule has 1 rings (SSSR count). The van der Waals surface area contributed by atoms with E-state index in [0.717, 1.165) is 25.2 Å². The van der Waals surface area contributed by atoms with Crippen LogP contribution in [-0.2, 0) is 0 Å². The van der Waals surface area contributed by atoms with Gasteiger partial charge in [-0.1, -0.05) is 27.7 Å². The Morgan fingerprint density at radius 2 is 1.78 bits per heavy atom. The highest BCUT2D eigenvalue weighted by molar-refractivity contribution is 5.74. The van der Waals surface area contributed by atoms with Gasteiger partial charge in [0, 0.05) is 12.1 Å². The van der Waals surface area contributed by atoms with E-state index in [4.69, 9.17) is 0 Å². The van der Waals surface area contributed by atoms with Gasteiger partial charge in [-0.05, 0) is 50.4 Å². The third-order valence-corrected chi connectivity index (χ3v) is 4.28. The smallest absolute Gasteiger partial charge is 0.315 e. The Bertz CT molecular complexity index is 262. The fraction of sp³-hybridized carbons (Fsp3) is 0.933. The van der Waals surface area contributed by atoms with Crippen LogP contribution in [0.3, 0.4) is 0 Å². The summed E-state index contributed by atoms with van der Waals surface area (Å²) in [5.41, 5.74) is 0.407. The third kappa shape index (κ3) is 4.87. The summed E-state index contributed by atoms with van der Waals surface area (Å²) in [6.07, 6.45) is 5.69. The Labute approximate surface area is 112 Å². The molecule has 1 unspecified atom stereocenters. The van der Waals surface area contributed by atoms with Crippen LogP contribution in [0.15, 0.2) is 0 Å². The van der Waals surface area contributed by atoms with E-state index in [1.54, 1.807) is 0 Å². The molecule has 0 aliphatic heterocycles. The van der Waals surface area contributed by atoms with Crippen LogP contribution in [-0.4, -0.2) is 18.1 Å². The van der Waals surface area contributed by atoms with Crippen LogP contribution in [0.1, 0.15) is 66.7 Å². The molecule has 1 aliphatic rings. The highest BCUT2D eigenvalue weighted by Gasteiger charge is 2.30. The Balaban J connectivity index is 2.29. The van der Waals surface area contributed by atoms with Gasteiger partial charge < -0.3 is 10.6 Å². The molecule has 0 bridgehead atoms. The van der Waals surface area contributed by atoms with Crippen LogP contribution in [0.5, 0.6) is 0 Å². The minimum atomic E-state index is 0.00330. The van der Waals surface area contributed by atoms with Crippen LogP contribution in [0.2, 0.25) is 0 Å². The standard InChI is InChI=1S/C15H30N2O/c1-6-11(2)16-14(18)17-13-9-7-12(8-10-13)15(3,4)5/h11-13H,6-10H2,1-5H3,(H2,16,17,18). The Morgan fingerprint density at radius 3 is 2.22 bits per heavy atom. The van der Waals surface area contributed by atoms with Crippen LogP contribution in [0.25, 0.3) is 0 Å². The molecule has 0 spiro atoms. The first kappa shape index (κ1) is 15.3. The van der Waals surface area contributed by atoms with Crippen LogP contribution in [0, 0.1) is 11.3 Å². The van der Waals surface area contributed by atoms with Gasteiger partial charge in [-0.25, -0.2) is 4.79 Å². The summed E-state index contributed by atoms with van der Waals surface area (Å²) < 4.78 is 0. The van der Waals surface area contributed by atoms with Gasteiger partial charge in [-0.3, -0.25) is 0 Å². The average molecular weight is 254 g/mol. The summed E-state index contributed by atoms with van der Waals surface area (Å²) in [5.74, 6) is 0.799. The van der Waals surface area contributed by atoms with Crippen molar-refractivity contribution in [2.45, 2.75) is 78.8 Å². The molecule has 18 heavy (non-hydrogen) atoms. The molecule has 0 aromatic carbocycles. The second-order valence-corrected chi connectivity index (χ2v) is 6.84. The SMILES string of the molecule is CCC(C)NC(=O)NC1CCC(C(C)(C)C)CC1. The molecule has 1 saturated carbocycles. The van der Waals surface area contributed by atoms with Crippen LogP contribution in [0.4, 0.5) is 4.79 Å². The second kappa shape index (κ2) is 6.44. The van der Waals surface area contributed by atoms with Crippen molar-refractivity contribution in [1.29, 1.82) is 0 Å². The quantitative estimate of drug-likeness (QED) is 0.792. The lowest BCUT2D eigenvalue weighted by molar-refractivity contribution is 0.160. The molecule has 1 atom stereocenters. The van der Waals surface area contributed by atoms with Crippen molar-refractivity contribution < 1.29 is 4.79 Å². The topological polar surface area (TPSA) is 41.1 Å². The van der Waals surface area contributed by atoms with E-state index < -0.39 is 0 Å². The molecule has 0 aromatic heterocycles. The summed E-state index contributed by atoms with van der Waals surface area (Å²) in [5, 5.41) is 6.07. The Hall–Kier alpha value is -0.730. The minimum Gasteiger partial charge on any atom is -0.336 e. The van der Waals surface area contributed by atoms with Gasteiger partial charge in [0.2, 0.25) is 0 Å². The summed E-state index contributed by atoms with van der Waals surface area (Å²) >= 11 is 0. The van der Waals surface area contributed by atoms with E-state index in [9.17, 15) is 4.79 Å². The van der Waals surface area contributed by atoms with Gasteiger partial charge in [0.05, 0.1) is 0 Å². The van der Waals surface area contributed by atoms with Gasteiger partial charge in [0.1, 0.15) is 0 Å². The van der Waals surface area contributed by atoms with E-state index in [-0.39, 0.29) is 12.1 Å². The van der Waals surface area contributed by atoms with Gasteiger partial charge >= 0.3 is 6.03 Å². The van der Waals surface area contributed by atoms with Crippen molar-refractivity contribution in [1.82, 2.24) is 10.6 Å². The molecule has 0 heterocycles. The summed E-state index contributed by atoms with van der Waals surface area (Å²) in [6.45, 7) is 11.1. The predicted octanol–water partition coefficient (Wildman–Crippen LogP) is 3.69. The van der Waals surface area contributed by atoms with Gasteiger partial charge in [0.25, 0.3) is 0 Å². The zero-order valence-corrected chi connectivity index (χ0v) is 12.7. The number of carbonyl (C=O) groups excluding carboxylic acids is 1. The molecule has 0 saturated heterocycles. The summed E-state index contributed by atoms with van der Waals surface area (Å²) in [6, 6.07) is 0.632. The maximum atomic E-state index is 11.7. The lowest BCUT2D eigenvalue weighted by Crippen LogP contribution is -2.46. The summed E-state index contributed by atoms with van der Waals surface area (Å²) in [7, 11) is 0. The number of hydrogen-bond acceptors (Lipinski definition) is 1. The molecular formula is C15H30N2O. The third-order valence-electron chi connectivity index (χ3n) is 4.28. The lowest BCUT2D eigenvalue weighted by Gasteiger charge is -2.37. The van der Waals surface area contributed by atoms with E-state index in [1.807, 2.05) is 6.92 Å². The van der Waals surface area contributed by atoms with E-state index >= 15 is 0 Å². The zero-order chi connectivity index (χ0) is 13.8. The van der Waals surface area contributed by atoms with Crippen molar-refractivity contribution in [3.8, 4) is 0 Å². The van der Waals surface area contributed by atoms with E-state index in [2.05, 4.69) is 38.3 Å². The van der Waals surface area contributed by atoms with Crippen molar-refractivity contribution in [2.24, 2.45) is 11.3 Å². The number of amides is 2. The highest BCUT2D eigenvalue weighted by atomic mass is 16.2. The van der Waals surface area contributed by atoms with E-state index in [1.165, 1.54) is 12.8 Å². The fourth-order valence-electron chi connectivity index (χ4n) is 2.66. The van der Waals surface area contributed by atoms with Crippen LogP contribution >= 0.6 is 0 Å². The monoisotopic (exact) mass is 254 g/mol. The maximum absolute atomic E-state index is 11.7. The lowest BCUT2D eigenvalue weighted by atomic mass is 9.71. The average Bonchev–Trinajstić information content (AvgIpc) is 2.28. The molecule has 3 heteroatoms. The van der Waals surface area contributed by atoms with Crippen LogP contribution < -0.4 is 10.6 Å². The minimum absolute atomic E-state index is 0.00330. The normalized spacial score (nSPS) is 26.5. The van der Waals surface area contributed by atoms with Crippen molar-refractivity contribution in [2.75, 3.05) is 0 Å². The van der Waals surface area contributed by atoms with Gasteiger partial charge in [-0.15, -0.1) is 0 Å². The van der Waals surface area contributed by atoms with Crippen molar-refractivity contribution in [3.05, 3.63) is 0 Å².